The van der Waals surface area contributed by atoms with Crippen LogP contribution in [0, 0.1) is 0 Å². The van der Waals surface area contributed by atoms with Crippen molar-refractivity contribution in [3.05, 3.63) is 42.1 Å². The first-order valence-electron chi connectivity index (χ1n) is 6.37. The molecule has 2 aromatic rings. The van der Waals surface area contributed by atoms with E-state index in [1.807, 2.05) is 12.3 Å². The van der Waals surface area contributed by atoms with Gasteiger partial charge in [0, 0.05) is 5.56 Å². The standard InChI is InChI=1S/C15H21N3/c1-15(2,3)18-14(12-7-5-4-6-8-12)13(9-10-16)11-17-18/h4-8,11H,9-10,16H2,1-3H3. The molecule has 0 bridgehead atoms. The van der Waals surface area contributed by atoms with Crippen LogP contribution in [0.1, 0.15) is 26.3 Å². The van der Waals surface area contributed by atoms with Crippen LogP contribution in [0.4, 0.5) is 0 Å². The summed E-state index contributed by atoms with van der Waals surface area (Å²) in [6, 6.07) is 10.4. The first kappa shape index (κ1) is 12.8. The van der Waals surface area contributed by atoms with Gasteiger partial charge in [-0.05, 0) is 39.3 Å². The Hall–Kier alpha value is -1.61. The predicted molar refractivity (Wildman–Crippen MR) is 75.4 cm³/mol. The molecule has 0 radical (unpaired) electrons. The molecule has 0 saturated carbocycles. The van der Waals surface area contributed by atoms with Gasteiger partial charge >= 0.3 is 0 Å². The van der Waals surface area contributed by atoms with E-state index < -0.39 is 0 Å². The topological polar surface area (TPSA) is 43.8 Å². The van der Waals surface area contributed by atoms with Crippen LogP contribution in [0.5, 0.6) is 0 Å². The lowest BCUT2D eigenvalue weighted by molar-refractivity contribution is 0.360. The Morgan fingerprint density at radius 1 is 1.17 bits per heavy atom. The molecule has 1 heterocycles. The highest BCUT2D eigenvalue weighted by atomic mass is 15.3. The molecule has 0 aliphatic carbocycles. The van der Waals surface area contributed by atoms with Gasteiger partial charge < -0.3 is 5.73 Å². The molecule has 2 rings (SSSR count). The molecule has 0 unspecified atom stereocenters. The average Bonchev–Trinajstić information content (AvgIpc) is 2.74. The first-order chi connectivity index (χ1) is 8.54. The van der Waals surface area contributed by atoms with E-state index in [9.17, 15) is 0 Å². The quantitative estimate of drug-likeness (QED) is 0.901. The van der Waals surface area contributed by atoms with Crippen LogP contribution in [-0.4, -0.2) is 16.3 Å². The summed E-state index contributed by atoms with van der Waals surface area (Å²) in [5, 5.41) is 4.54. The minimum Gasteiger partial charge on any atom is -0.330 e. The fraction of sp³-hybridized carbons (Fsp3) is 0.400. The number of benzene rings is 1. The van der Waals surface area contributed by atoms with Crippen molar-refractivity contribution in [2.75, 3.05) is 6.54 Å². The van der Waals surface area contributed by atoms with Crippen LogP contribution in [-0.2, 0) is 12.0 Å². The third-order valence-corrected chi connectivity index (χ3v) is 2.94. The Morgan fingerprint density at radius 2 is 1.83 bits per heavy atom. The summed E-state index contributed by atoms with van der Waals surface area (Å²) >= 11 is 0. The largest absolute Gasteiger partial charge is 0.330 e. The van der Waals surface area contributed by atoms with E-state index >= 15 is 0 Å². The molecule has 0 fully saturated rings. The number of nitrogens with two attached hydrogens (primary N) is 1. The van der Waals surface area contributed by atoms with Crippen molar-refractivity contribution in [1.82, 2.24) is 9.78 Å². The zero-order valence-corrected chi connectivity index (χ0v) is 11.4. The molecule has 0 saturated heterocycles. The highest BCUT2D eigenvalue weighted by Gasteiger charge is 2.21. The first-order valence-corrected chi connectivity index (χ1v) is 6.37. The van der Waals surface area contributed by atoms with Crippen molar-refractivity contribution in [3.8, 4) is 11.3 Å². The van der Waals surface area contributed by atoms with Gasteiger partial charge in [0.2, 0.25) is 0 Å². The van der Waals surface area contributed by atoms with E-state index in [1.165, 1.54) is 16.8 Å². The molecule has 0 aliphatic rings. The van der Waals surface area contributed by atoms with Gasteiger partial charge in [0.05, 0.1) is 17.4 Å². The third kappa shape index (κ3) is 2.46. The zero-order chi connectivity index (χ0) is 13.2. The smallest absolute Gasteiger partial charge is 0.0720 e. The van der Waals surface area contributed by atoms with Crippen LogP contribution in [0.25, 0.3) is 11.3 Å². The Kier molecular flexibility index (Phi) is 3.53. The zero-order valence-electron chi connectivity index (χ0n) is 11.4. The predicted octanol–water partition coefficient (Wildman–Crippen LogP) is 2.81. The van der Waals surface area contributed by atoms with Gasteiger partial charge in [-0.25, -0.2) is 0 Å². The van der Waals surface area contributed by atoms with E-state index in [0.717, 1.165) is 6.42 Å². The monoisotopic (exact) mass is 243 g/mol. The van der Waals surface area contributed by atoms with Crippen molar-refractivity contribution in [1.29, 1.82) is 0 Å². The van der Waals surface area contributed by atoms with Gasteiger partial charge in [-0.1, -0.05) is 30.3 Å². The van der Waals surface area contributed by atoms with Crippen molar-refractivity contribution in [2.24, 2.45) is 5.73 Å². The number of nitrogens with zero attached hydrogens (tertiary/aromatic N) is 2. The normalized spacial score (nSPS) is 11.8. The molecular weight excluding hydrogens is 222 g/mol. The summed E-state index contributed by atoms with van der Waals surface area (Å²) in [5.74, 6) is 0. The summed E-state index contributed by atoms with van der Waals surface area (Å²) in [6.45, 7) is 7.14. The van der Waals surface area contributed by atoms with Crippen molar-refractivity contribution in [3.63, 3.8) is 0 Å². The number of rotatable bonds is 3. The van der Waals surface area contributed by atoms with Crippen LogP contribution < -0.4 is 5.73 Å². The van der Waals surface area contributed by atoms with Crippen molar-refractivity contribution in [2.45, 2.75) is 32.7 Å². The molecule has 3 heteroatoms. The molecule has 96 valence electrons. The molecule has 18 heavy (non-hydrogen) atoms. The summed E-state index contributed by atoms with van der Waals surface area (Å²) in [6.07, 6.45) is 2.81. The minimum absolute atomic E-state index is 0.0297. The van der Waals surface area contributed by atoms with Crippen LogP contribution in [0.15, 0.2) is 36.5 Å². The summed E-state index contributed by atoms with van der Waals surface area (Å²) < 4.78 is 2.09. The van der Waals surface area contributed by atoms with E-state index in [1.54, 1.807) is 0 Å². The molecule has 2 N–H and O–H groups in total. The maximum Gasteiger partial charge on any atom is 0.0720 e. The minimum atomic E-state index is -0.0297. The Bertz CT molecular complexity index is 506. The van der Waals surface area contributed by atoms with Gasteiger partial charge in [-0.15, -0.1) is 0 Å². The van der Waals surface area contributed by atoms with E-state index in [-0.39, 0.29) is 5.54 Å². The van der Waals surface area contributed by atoms with Gasteiger partial charge in [0.1, 0.15) is 0 Å². The molecule has 3 nitrogen and oxygen atoms in total. The molecule has 1 aromatic heterocycles. The van der Waals surface area contributed by atoms with Gasteiger partial charge in [-0.2, -0.15) is 5.10 Å². The van der Waals surface area contributed by atoms with Crippen molar-refractivity contribution >= 4 is 0 Å². The van der Waals surface area contributed by atoms with E-state index in [2.05, 4.69) is 54.8 Å². The Labute approximate surface area is 109 Å². The van der Waals surface area contributed by atoms with Crippen LogP contribution >= 0.6 is 0 Å². The summed E-state index contributed by atoms with van der Waals surface area (Å²) in [5.41, 5.74) is 9.27. The van der Waals surface area contributed by atoms with Gasteiger partial charge in [0.25, 0.3) is 0 Å². The number of hydrogen-bond acceptors (Lipinski definition) is 2. The Balaban J connectivity index is 2.58. The molecule has 0 atom stereocenters. The number of aromatic nitrogens is 2. The van der Waals surface area contributed by atoms with Gasteiger partial charge in [0.15, 0.2) is 0 Å². The molecule has 1 aromatic carbocycles. The second kappa shape index (κ2) is 4.94. The molecule has 0 spiro atoms. The average molecular weight is 243 g/mol. The lowest BCUT2D eigenvalue weighted by Crippen LogP contribution is -2.24. The maximum atomic E-state index is 5.69. The fourth-order valence-corrected chi connectivity index (χ4v) is 2.13. The van der Waals surface area contributed by atoms with Crippen molar-refractivity contribution < 1.29 is 0 Å². The summed E-state index contributed by atoms with van der Waals surface area (Å²) in [7, 11) is 0. The maximum absolute atomic E-state index is 5.69. The number of hydrogen-bond donors (Lipinski definition) is 1. The SMILES string of the molecule is CC(C)(C)n1ncc(CCN)c1-c1ccccc1. The lowest BCUT2D eigenvalue weighted by Gasteiger charge is -2.23. The second-order valence-corrected chi connectivity index (χ2v) is 5.51. The van der Waals surface area contributed by atoms with Crippen LogP contribution in [0.2, 0.25) is 0 Å². The molecule has 0 amide bonds. The lowest BCUT2D eigenvalue weighted by atomic mass is 10.0. The second-order valence-electron chi connectivity index (χ2n) is 5.51. The van der Waals surface area contributed by atoms with Crippen LogP contribution in [0.3, 0.4) is 0 Å². The summed E-state index contributed by atoms with van der Waals surface area (Å²) in [4.78, 5) is 0. The fourth-order valence-electron chi connectivity index (χ4n) is 2.13. The molecular formula is C15H21N3. The Morgan fingerprint density at radius 3 is 2.39 bits per heavy atom. The van der Waals surface area contributed by atoms with E-state index in [4.69, 9.17) is 5.73 Å². The third-order valence-electron chi connectivity index (χ3n) is 2.94. The highest BCUT2D eigenvalue weighted by Crippen LogP contribution is 2.28. The van der Waals surface area contributed by atoms with Gasteiger partial charge in [-0.3, -0.25) is 4.68 Å². The molecule has 0 aliphatic heterocycles. The van der Waals surface area contributed by atoms with E-state index in [0.29, 0.717) is 6.54 Å². The highest BCUT2D eigenvalue weighted by molar-refractivity contribution is 5.63.